The molecule has 1 aromatic carbocycles. The Bertz CT molecular complexity index is 607. The first kappa shape index (κ1) is 15.2. The first-order valence-corrected chi connectivity index (χ1v) is 7.87. The van der Waals surface area contributed by atoms with Gasteiger partial charge < -0.3 is 14.6 Å². The van der Waals surface area contributed by atoms with Crippen LogP contribution in [0.3, 0.4) is 0 Å². The number of carbonyl (C=O) groups is 1. The first-order chi connectivity index (χ1) is 10.3. The number of benzene rings is 1. The van der Waals surface area contributed by atoms with Gasteiger partial charge in [0.2, 0.25) is 0 Å². The number of fused-ring (bicyclic) bond motifs is 2. The van der Waals surface area contributed by atoms with Gasteiger partial charge in [0, 0.05) is 5.41 Å². The highest BCUT2D eigenvalue weighted by atomic mass is 16.5. The molecule has 2 saturated carbocycles. The number of rotatable bonds is 3. The van der Waals surface area contributed by atoms with E-state index in [0.29, 0.717) is 11.5 Å². The lowest BCUT2D eigenvalue weighted by Gasteiger charge is -2.38. The van der Waals surface area contributed by atoms with Crippen molar-refractivity contribution in [3.05, 3.63) is 23.8 Å². The van der Waals surface area contributed by atoms with Gasteiger partial charge in [-0.3, -0.25) is 0 Å². The normalized spacial score (nSPS) is 32.0. The monoisotopic (exact) mass is 304 g/mol. The molecule has 2 aliphatic rings. The lowest BCUT2D eigenvalue weighted by Crippen LogP contribution is -2.38. The molecule has 2 bridgehead atoms. The maximum Gasteiger partial charge on any atom is 0.338 e. The van der Waals surface area contributed by atoms with E-state index in [1.807, 2.05) is 0 Å². The van der Waals surface area contributed by atoms with Crippen molar-refractivity contribution in [2.45, 2.75) is 46.1 Å². The Hall–Kier alpha value is -1.71. The Morgan fingerprint density at radius 1 is 1.32 bits per heavy atom. The molecule has 0 spiro atoms. The average Bonchev–Trinajstić information content (AvgIpc) is 2.81. The summed E-state index contributed by atoms with van der Waals surface area (Å²) in [6, 6.07) is 4.56. The van der Waals surface area contributed by atoms with Crippen molar-refractivity contribution >= 4 is 5.97 Å². The maximum atomic E-state index is 12.5. The fourth-order valence-corrected chi connectivity index (χ4v) is 4.31. The predicted octanol–water partition coefficient (Wildman–Crippen LogP) is 3.77. The van der Waals surface area contributed by atoms with Crippen LogP contribution in [0.2, 0.25) is 0 Å². The number of ether oxygens (including phenoxy) is 2. The maximum absolute atomic E-state index is 12.5. The number of phenolic OH excluding ortho intramolecular Hbond substituents is 1. The van der Waals surface area contributed by atoms with Crippen molar-refractivity contribution < 1.29 is 19.4 Å². The number of aromatic hydroxyl groups is 1. The van der Waals surface area contributed by atoms with E-state index in [1.165, 1.54) is 25.7 Å². The smallest absolute Gasteiger partial charge is 0.338 e. The zero-order chi connectivity index (χ0) is 16.1. The van der Waals surface area contributed by atoms with Crippen LogP contribution in [0.4, 0.5) is 0 Å². The second-order valence-corrected chi connectivity index (χ2v) is 7.39. The quantitative estimate of drug-likeness (QED) is 0.864. The molecule has 0 saturated heterocycles. The summed E-state index contributed by atoms with van der Waals surface area (Å²) in [5.41, 5.74) is 0.678. The van der Waals surface area contributed by atoms with E-state index in [2.05, 4.69) is 20.8 Å². The van der Waals surface area contributed by atoms with Gasteiger partial charge in [-0.05, 0) is 48.8 Å². The molecule has 4 nitrogen and oxygen atoms in total. The van der Waals surface area contributed by atoms with Gasteiger partial charge in [0.15, 0.2) is 11.5 Å². The summed E-state index contributed by atoms with van der Waals surface area (Å²) in [6.45, 7) is 6.83. The zero-order valence-corrected chi connectivity index (χ0v) is 13.7. The summed E-state index contributed by atoms with van der Waals surface area (Å²) in [4.78, 5) is 12.5. The minimum atomic E-state index is -0.340. The molecule has 2 fully saturated rings. The van der Waals surface area contributed by atoms with E-state index in [-0.39, 0.29) is 34.4 Å². The molecular formula is C18H24O4. The molecule has 2 aliphatic carbocycles. The topological polar surface area (TPSA) is 55.8 Å². The van der Waals surface area contributed by atoms with Crippen molar-refractivity contribution in [1.82, 2.24) is 0 Å². The number of esters is 1. The van der Waals surface area contributed by atoms with Crippen molar-refractivity contribution in [2.75, 3.05) is 7.11 Å². The third-order valence-electron chi connectivity index (χ3n) is 6.38. The van der Waals surface area contributed by atoms with Gasteiger partial charge >= 0.3 is 5.97 Å². The van der Waals surface area contributed by atoms with Crippen LogP contribution in [0.1, 0.15) is 50.4 Å². The molecular weight excluding hydrogens is 280 g/mol. The molecule has 2 unspecified atom stereocenters. The number of hydrogen-bond acceptors (Lipinski definition) is 4. The van der Waals surface area contributed by atoms with Crippen LogP contribution < -0.4 is 4.74 Å². The molecule has 0 radical (unpaired) electrons. The van der Waals surface area contributed by atoms with Gasteiger partial charge in [0.25, 0.3) is 0 Å². The molecule has 0 heterocycles. The van der Waals surface area contributed by atoms with Crippen LogP contribution in [0.25, 0.3) is 0 Å². The molecule has 0 aliphatic heterocycles. The number of methoxy groups -OCH3 is 1. The van der Waals surface area contributed by atoms with E-state index >= 15 is 0 Å². The molecule has 1 aromatic rings. The van der Waals surface area contributed by atoms with Gasteiger partial charge in [-0.2, -0.15) is 0 Å². The molecule has 22 heavy (non-hydrogen) atoms. The van der Waals surface area contributed by atoms with E-state index in [0.717, 1.165) is 12.8 Å². The first-order valence-electron chi connectivity index (χ1n) is 7.87. The van der Waals surface area contributed by atoms with E-state index in [4.69, 9.17) is 9.47 Å². The van der Waals surface area contributed by atoms with Gasteiger partial charge in [-0.1, -0.05) is 20.8 Å². The Kier molecular flexibility index (Phi) is 3.38. The Balaban J connectivity index is 1.79. The SMILES string of the molecule is COc1cc(C(=O)OC2CC3CC[C@]2(C)C3(C)C)ccc1O. The Morgan fingerprint density at radius 2 is 2.05 bits per heavy atom. The van der Waals surface area contributed by atoms with Gasteiger partial charge in [-0.15, -0.1) is 0 Å². The second kappa shape index (κ2) is 4.90. The predicted molar refractivity (Wildman–Crippen MR) is 83.1 cm³/mol. The fraction of sp³-hybridized carbons (Fsp3) is 0.611. The number of carbonyl (C=O) groups excluding carboxylic acids is 1. The molecule has 0 amide bonds. The highest BCUT2D eigenvalue weighted by Gasteiger charge is 2.62. The third kappa shape index (κ3) is 2.00. The van der Waals surface area contributed by atoms with E-state index in [1.54, 1.807) is 6.07 Å². The third-order valence-corrected chi connectivity index (χ3v) is 6.38. The van der Waals surface area contributed by atoms with Crippen LogP contribution in [0.5, 0.6) is 11.5 Å². The second-order valence-electron chi connectivity index (χ2n) is 7.39. The van der Waals surface area contributed by atoms with E-state index < -0.39 is 0 Å². The molecule has 1 N–H and O–H groups in total. The minimum absolute atomic E-state index is 0.0204. The molecule has 3 rings (SSSR count). The standard InChI is InChI=1S/C18H24O4/c1-17(2)12-7-8-18(17,3)15(10-12)22-16(20)11-5-6-13(19)14(9-11)21-4/h5-6,9,12,15,19H,7-8,10H2,1-4H3/t12?,15?,18-/m0/s1. The van der Waals surface area contributed by atoms with Crippen molar-refractivity contribution in [2.24, 2.45) is 16.7 Å². The van der Waals surface area contributed by atoms with Crippen LogP contribution in [0, 0.1) is 16.7 Å². The van der Waals surface area contributed by atoms with Crippen LogP contribution >= 0.6 is 0 Å². The highest BCUT2D eigenvalue weighted by Crippen LogP contribution is 2.66. The average molecular weight is 304 g/mol. The molecule has 4 heteroatoms. The zero-order valence-electron chi connectivity index (χ0n) is 13.7. The van der Waals surface area contributed by atoms with Gasteiger partial charge in [0.05, 0.1) is 12.7 Å². The highest BCUT2D eigenvalue weighted by molar-refractivity contribution is 5.90. The van der Waals surface area contributed by atoms with Crippen molar-refractivity contribution in [3.8, 4) is 11.5 Å². The summed E-state index contributed by atoms with van der Waals surface area (Å²) in [6.07, 6.45) is 3.25. The van der Waals surface area contributed by atoms with Crippen molar-refractivity contribution in [3.63, 3.8) is 0 Å². The van der Waals surface area contributed by atoms with Crippen molar-refractivity contribution in [1.29, 1.82) is 0 Å². The van der Waals surface area contributed by atoms with Gasteiger partial charge in [0.1, 0.15) is 6.10 Å². The number of hydrogen-bond donors (Lipinski definition) is 1. The lowest BCUT2D eigenvalue weighted by molar-refractivity contribution is -0.0242. The van der Waals surface area contributed by atoms with Crippen LogP contribution in [-0.4, -0.2) is 24.3 Å². The van der Waals surface area contributed by atoms with Crippen LogP contribution in [-0.2, 0) is 4.74 Å². The largest absolute Gasteiger partial charge is 0.504 e. The molecule has 0 aromatic heterocycles. The minimum Gasteiger partial charge on any atom is -0.504 e. The Morgan fingerprint density at radius 3 is 2.59 bits per heavy atom. The lowest BCUT2D eigenvalue weighted by atomic mass is 9.70. The van der Waals surface area contributed by atoms with Gasteiger partial charge in [-0.25, -0.2) is 4.79 Å². The van der Waals surface area contributed by atoms with E-state index in [9.17, 15) is 9.90 Å². The summed E-state index contributed by atoms with van der Waals surface area (Å²) >= 11 is 0. The summed E-state index contributed by atoms with van der Waals surface area (Å²) in [5.74, 6) is 0.596. The summed E-state index contributed by atoms with van der Waals surface area (Å²) in [7, 11) is 1.46. The fourth-order valence-electron chi connectivity index (χ4n) is 4.31. The molecule has 3 atom stereocenters. The van der Waals surface area contributed by atoms with Crippen LogP contribution in [0.15, 0.2) is 18.2 Å². The Labute approximate surface area is 131 Å². The summed E-state index contributed by atoms with van der Waals surface area (Å²) < 4.78 is 10.9. The number of phenols is 1. The summed E-state index contributed by atoms with van der Waals surface area (Å²) in [5, 5.41) is 9.62. The molecule has 120 valence electrons.